The van der Waals surface area contributed by atoms with Gasteiger partial charge in [0.2, 0.25) is 0 Å². The largest absolute Gasteiger partial charge is 0.466 e. The molecule has 0 unspecified atom stereocenters. The number of aromatic nitrogens is 1. The highest BCUT2D eigenvalue weighted by Crippen LogP contribution is 2.27. The van der Waals surface area contributed by atoms with Crippen LogP contribution in [0.1, 0.15) is 27.4 Å². The number of nitrogens with zero attached hydrogens (tertiary/aromatic N) is 1. The first kappa shape index (κ1) is 12.9. The predicted octanol–water partition coefficient (Wildman–Crippen LogP) is 4.07. The fourth-order valence-electron chi connectivity index (χ4n) is 2.21. The molecule has 0 aliphatic heterocycles. The lowest BCUT2D eigenvalue weighted by Crippen LogP contribution is -2.13. The number of rotatable bonds is 2. The Morgan fingerprint density at radius 2 is 1.95 bits per heavy atom. The van der Waals surface area contributed by atoms with Gasteiger partial charge < -0.3 is 4.42 Å². The predicted molar refractivity (Wildman–Crippen MR) is 80.5 cm³/mol. The molecule has 0 aliphatic carbocycles. The van der Waals surface area contributed by atoms with Gasteiger partial charge >= 0.3 is 0 Å². The van der Waals surface area contributed by atoms with Crippen LogP contribution < -0.4 is 5.32 Å². The number of fused-ring (bicyclic) bond motifs is 1. The molecular weight excluding hydrogens is 272 g/mol. The van der Waals surface area contributed by atoms with Crippen molar-refractivity contribution in [2.24, 2.45) is 0 Å². The van der Waals surface area contributed by atoms with Gasteiger partial charge in [0.1, 0.15) is 11.5 Å². The van der Waals surface area contributed by atoms with Gasteiger partial charge in [-0.15, -0.1) is 0 Å². The third-order valence-corrected chi connectivity index (χ3v) is 4.25. The maximum atomic E-state index is 12.3. The smallest absolute Gasteiger partial charge is 0.261 e. The number of carbonyl (C=O) groups excluding carboxylic acids is 1. The first-order valence-corrected chi connectivity index (χ1v) is 7.11. The van der Waals surface area contributed by atoms with E-state index in [1.807, 2.05) is 38.1 Å². The van der Waals surface area contributed by atoms with Crippen LogP contribution in [0.15, 0.2) is 28.7 Å². The van der Waals surface area contributed by atoms with E-state index < -0.39 is 0 Å². The average molecular weight is 286 g/mol. The summed E-state index contributed by atoms with van der Waals surface area (Å²) in [5.74, 6) is 1.24. The summed E-state index contributed by atoms with van der Waals surface area (Å²) in [5, 5.41) is 3.46. The Labute approximate surface area is 120 Å². The third-order valence-electron chi connectivity index (χ3n) is 3.30. The molecule has 0 fully saturated rings. The number of hydrogen-bond donors (Lipinski definition) is 1. The quantitative estimate of drug-likeness (QED) is 0.772. The molecule has 1 amide bonds. The standard InChI is InChI=1S/C15H14N2O2S/c1-8-9(2)19-10(3)13(8)14(18)17-15-16-11-6-4-5-7-12(11)20-15/h4-7H,1-3H3,(H,16,17,18). The Balaban J connectivity index is 1.92. The van der Waals surface area contributed by atoms with E-state index in [-0.39, 0.29) is 5.91 Å². The number of amides is 1. The number of aryl methyl sites for hydroxylation is 2. The van der Waals surface area contributed by atoms with Gasteiger partial charge in [-0.05, 0) is 32.9 Å². The summed E-state index contributed by atoms with van der Waals surface area (Å²) < 4.78 is 6.54. The molecule has 0 saturated carbocycles. The van der Waals surface area contributed by atoms with Gasteiger partial charge in [0, 0.05) is 5.56 Å². The fraction of sp³-hybridized carbons (Fsp3) is 0.200. The van der Waals surface area contributed by atoms with Gasteiger partial charge in [-0.3, -0.25) is 10.1 Å². The number of thiazole rings is 1. The van der Waals surface area contributed by atoms with Crippen LogP contribution >= 0.6 is 11.3 Å². The van der Waals surface area contributed by atoms with Crippen LogP contribution in [-0.2, 0) is 0 Å². The van der Waals surface area contributed by atoms with Crippen molar-refractivity contribution >= 4 is 32.6 Å². The Morgan fingerprint density at radius 1 is 1.20 bits per heavy atom. The average Bonchev–Trinajstić information content (AvgIpc) is 2.90. The first-order chi connectivity index (χ1) is 9.56. The highest BCUT2D eigenvalue weighted by atomic mass is 32.1. The highest BCUT2D eigenvalue weighted by Gasteiger charge is 2.19. The van der Waals surface area contributed by atoms with Crippen molar-refractivity contribution in [2.45, 2.75) is 20.8 Å². The van der Waals surface area contributed by atoms with Crippen molar-refractivity contribution in [3.8, 4) is 0 Å². The lowest BCUT2D eigenvalue weighted by molar-refractivity contribution is 0.102. The second-order valence-corrected chi connectivity index (χ2v) is 5.69. The van der Waals surface area contributed by atoms with E-state index in [4.69, 9.17) is 4.42 Å². The number of para-hydroxylation sites is 1. The molecule has 0 radical (unpaired) electrons. The van der Waals surface area contributed by atoms with Crippen LogP contribution in [0, 0.1) is 20.8 Å². The second kappa shape index (κ2) is 4.76. The van der Waals surface area contributed by atoms with E-state index >= 15 is 0 Å². The molecule has 3 aromatic rings. The number of furan rings is 1. The third kappa shape index (κ3) is 2.10. The minimum Gasteiger partial charge on any atom is -0.466 e. The number of anilines is 1. The highest BCUT2D eigenvalue weighted by molar-refractivity contribution is 7.22. The van der Waals surface area contributed by atoms with Crippen LogP contribution in [0.3, 0.4) is 0 Å². The maximum absolute atomic E-state index is 12.3. The lowest BCUT2D eigenvalue weighted by atomic mass is 10.1. The van der Waals surface area contributed by atoms with Crippen LogP contribution in [0.25, 0.3) is 10.2 Å². The topological polar surface area (TPSA) is 55.1 Å². The summed E-state index contributed by atoms with van der Waals surface area (Å²) >= 11 is 1.47. The van der Waals surface area contributed by atoms with Crippen LogP contribution in [0.4, 0.5) is 5.13 Å². The van der Waals surface area contributed by atoms with Crippen molar-refractivity contribution in [3.63, 3.8) is 0 Å². The SMILES string of the molecule is Cc1oc(C)c(C(=O)Nc2nc3ccccc3s2)c1C. The molecule has 0 spiro atoms. The van der Waals surface area contributed by atoms with Gasteiger partial charge in [-0.25, -0.2) is 4.98 Å². The van der Waals surface area contributed by atoms with Crippen molar-refractivity contribution in [2.75, 3.05) is 5.32 Å². The van der Waals surface area contributed by atoms with E-state index in [0.29, 0.717) is 16.5 Å². The van der Waals surface area contributed by atoms with E-state index in [1.54, 1.807) is 6.92 Å². The van der Waals surface area contributed by atoms with Crippen molar-refractivity contribution in [1.82, 2.24) is 4.98 Å². The number of nitrogens with one attached hydrogen (secondary N) is 1. The molecule has 0 atom stereocenters. The molecule has 0 saturated heterocycles. The summed E-state index contributed by atoms with van der Waals surface area (Å²) in [6.45, 7) is 5.54. The Hall–Kier alpha value is -2.14. The maximum Gasteiger partial charge on any atom is 0.261 e. The van der Waals surface area contributed by atoms with E-state index in [2.05, 4.69) is 10.3 Å². The molecule has 4 nitrogen and oxygen atoms in total. The van der Waals surface area contributed by atoms with Crippen molar-refractivity contribution in [3.05, 3.63) is 46.9 Å². The second-order valence-electron chi connectivity index (χ2n) is 4.66. The molecule has 5 heteroatoms. The summed E-state index contributed by atoms with van der Waals surface area (Å²) in [5.41, 5.74) is 2.37. The van der Waals surface area contributed by atoms with Crippen molar-refractivity contribution in [1.29, 1.82) is 0 Å². The molecule has 3 rings (SSSR count). The zero-order valence-corrected chi connectivity index (χ0v) is 12.3. The summed E-state index contributed by atoms with van der Waals surface area (Å²) in [6.07, 6.45) is 0. The molecule has 2 heterocycles. The first-order valence-electron chi connectivity index (χ1n) is 6.30. The van der Waals surface area contributed by atoms with Crippen LogP contribution in [0.2, 0.25) is 0 Å². The van der Waals surface area contributed by atoms with Gasteiger partial charge in [0.15, 0.2) is 5.13 Å². The van der Waals surface area contributed by atoms with Gasteiger partial charge in [0.05, 0.1) is 15.8 Å². The van der Waals surface area contributed by atoms with Crippen LogP contribution in [-0.4, -0.2) is 10.9 Å². The molecule has 0 aliphatic rings. The molecule has 102 valence electrons. The Kier molecular flexibility index (Phi) is 3.06. The molecule has 0 bridgehead atoms. The molecule has 2 aromatic heterocycles. The normalized spacial score (nSPS) is 10.9. The van der Waals surface area contributed by atoms with Gasteiger partial charge in [-0.2, -0.15) is 0 Å². The zero-order valence-electron chi connectivity index (χ0n) is 11.5. The molecule has 20 heavy (non-hydrogen) atoms. The Morgan fingerprint density at radius 3 is 2.60 bits per heavy atom. The number of carbonyl (C=O) groups is 1. The lowest BCUT2D eigenvalue weighted by Gasteiger charge is -2.01. The molecule has 1 aromatic carbocycles. The van der Waals surface area contributed by atoms with Crippen LogP contribution in [0.5, 0.6) is 0 Å². The monoisotopic (exact) mass is 286 g/mol. The molecule has 1 N–H and O–H groups in total. The number of benzene rings is 1. The fourth-order valence-corrected chi connectivity index (χ4v) is 3.07. The summed E-state index contributed by atoms with van der Waals surface area (Å²) in [7, 11) is 0. The zero-order chi connectivity index (χ0) is 14.3. The minimum absolute atomic E-state index is 0.170. The number of hydrogen-bond acceptors (Lipinski definition) is 4. The van der Waals surface area contributed by atoms with Gasteiger partial charge in [-0.1, -0.05) is 23.5 Å². The summed E-state index contributed by atoms with van der Waals surface area (Å²) in [6, 6.07) is 7.81. The van der Waals surface area contributed by atoms with E-state index in [1.165, 1.54) is 11.3 Å². The minimum atomic E-state index is -0.170. The Bertz CT molecular complexity index is 768. The van der Waals surface area contributed by atoms with E-state index in [9.17, 15) is 4.79 Å². The molecular formula is C15H14N2O2S. The van der Waals surface area contributed by atoms with Crippen molar-refractivity contribution < 1.29 is 9.21 Å². The van der Waals surface area contributed by atoms with E-state index in [0.717, 1.165) is 21.5 Å². The summed E-state index contributed by atoms with van der Waals surface area (Å²) in [4.78, 5) is 16.7. The van der Waals surface area contributed by atoms with Gasteiger partial charge in [0.25, 0.3) is 5.91 Å².